The molecule has 1 heterocycles. The van der Waals surface area contributed by atoms with Gasteiger partial charge in [-0.3, -0.25) is 9.69 Å². The van der Waals surface area contributed by atoms with Gasteiger partial charge in [-0.1, -0.05) is 60.4 Å². The molecule has 1 saturated heterocycles. The first-order valence-corrected chi connectivity index (χ1v) is 11.2. The number of carbonyl (C=O) groups excluding carboxylic acids is 1. The number of rotatable bonds is 8. The highest BCUT2D eigenvalue weighted by molar-refractivity contribution is 8.27. The molecular weight excluding hydrogens is 442 g/mol. The van der Waals surface area contributed by atoms with Gasteiger partial charge in [0.15, 0.2) is 4.32 Å². The lowest BCUT2D eigenvalue weighted by atomic mass is 10.1. The van der Waals surface area contributed by atoms with Crippen molar-refractivity contribution in [1.29, 1.82) is 0 Å². The molecule has 1 aliphatic heterocycles. The number of carbonyl (C=O) groups is 1. The highest BCUT2D eigenvalue weighted by Crippen LogP contribution is 2.37. The minimum atomic E-state index is -0.160. The fourth-order valence-corrected chi connectivity index (χ4v) is 4.42. The summed E-state index contributed by atoms with van der Waals surface area (Å²) in [6, 6.07) is 24.4. The van der Waals surface area contributed by atoms with Gasteiger partial charge in [-0.25, -0.2) is 0 Å². The molecule has 0 aliphatic carbocycles. The Morgan fingerprint density at radius 3 is 2.31 bits per heavy atom. The summed E-state index contributed by atoms with van der Waals surface area (Å²) in [7, 11) is 1.60. The highest BCUT2D eigenvalue weighted by Gasteiger charge is 2.33. The Bertz CT molecular complexity index is 1130. The molecule has 0 N–H and O–H groups in total. The van der Waals surface area contributed by atoms with Gasteiger partial charge in [-0.05, 0) is 48.5 Å². The van der Waals surface area contributed by atoms with Crippen molar-refractivity contribution in [1.82, 2.24) is 0 Å². The topological polar surface area (TPSA) is 48.0 Å². The van der Waals surface area contributed by atoms with Crippen molar-refractivity contribution in [3.63, 3.8) is 0 Å². The van der Waals surface area contributed by atoms with E-state index in [1.807, 2.05) is 78.9 Å². The second-order valence-corrected chi connectivity index (χ2v) is 8.44. The molecule has 0 spiro atoms. The lowest BCUT2D eigenvalue weighted by Crippen LogP contribution is -2.27. The third-order valence-electron chi connectivity index (χ3n) is 4.66. The summed E-state index contributed by atoms with van der Waals surface area (Å²) in [6.45, 7) is 0.749. The minimum Gasteiger partial charge on any atom is -0.497 e. The van der Waals surface area contributed by atoms with Gasteiger partial charge in [0.2, 0.25) is 0 Å². The molecule has 1 fully saturated rings. The molecule has 0 aromatic heterocycles. The lowest BCUT2D eigenvalue weighted by Gasteiger charge is -2.14. The van der Waals surface area contributed by atoms with Crippen molar-refractivity contribution in [3.8, 4) is 17.2 Å². The maximum absolute atomic E-state index is 13.1. The first-order chi connectivity index (χ1) is 15.7. The van der Waals surface area contributed by atoms with Gasteiger partial charge in [-0.2, -0.15) is 0 Å². The number of amides is 1. The van der Waals surface area contributed by atoms with Crippen LogP contribution in [0.1, 0.15) is 5.56 Å². The van der Waals surface area contributed by atoms with Gasteiger partial charge in [0.25, 0.3) is 5.91 Å². The number of hydrogen-bond acceptors (Lipinski definition) is 6. The van der Waals surface area contributed by atoms with Crippen LogP contribution < -0.4 is 19.1 Å². The van der Waals surface area contributed by atoms with Crippen molar-refractivity contribution in [2.45, 2.75) is 0 Å². The summed E-state index contributed by atoms with van der Waals surface area (Å²) in [6.07, 6.45) is 1.79. The number of methoxy groups -OCH3 is 1. The maximum Gasteiger partial charge on any atom is 0.270 e. The van der Waals surface area contributed by atoms with E-state index in [-0.39, 0.29) is 5.91 Å². The standard InChI is InChI=1S/C25H21NO4S2/c1-28-21-12-13-22(30-15-14-29-20-10-6-3-7-11-20)18(16-21)17-23-24(27)26(25(31)32-23)19-8-4-2-5-9-19/h2-13,16-17H,14-15H2,1H3/b23-17-. The second-order valence-electron chi connectivity index (χ2n) is 6.77. The van der Waals surface area contributed by atoms with Crippen LogP contribution in [0.5, 0.6) is 17.2 Å². The highest BCUT2D eigenvalue weighted by atomic mass is 32.2. The molecule has 4 rings (SSSR count). The number of benzene rings is 3. The monoisotopic (exact) mass is 463 g/mol. The summed E-state index contributed by atoms with van der Waals surface area (Å²) in [5, 5.41) is 0. The molecule has 0 unspecified atom stereocenters. The number of para-hydroxylation sites is 2. The van der Waals surface area contributed by atoms with E-state index in [4.69, 9.17) is 26.4 Å². The van der Waals surface area contributed by atoms with E-state index >= 15 is 0 Å². The summed E-state index contributed by atoms with van der Waals surface area (Å²) < 4.78 is 17.5. The molecule has 0 saturated carbocycles. The van der Waals surface area contributed by atoms with E-state index < -0.39 is 0 Å². The number of hydrogen-bond donors (Lipinski definition) is 0. The van der Waals surface area contributed by atoms with Crippen LogP contribution in [-0.4, -0.2) is 30.6 Å². The summed E-state index contributed by atoms with van der Waals surface area (Å²) in [5.74, 6) is 1.93. The summed E-state index contributed by atoms with van der Waals surface area (Å²) in [4.78, 5) is 15.1. The van der Waals surface area contributed by atoms with Crippen LogP contribution in [0.2, 0.25) is 0 Å². The zero-order valence-corrected chi connectivity index (χ0v) is 19.0. The van der Waals surface area contributed by atoms with E-state index in [1.54, 1.807) is 18.1 Å². The number of ether oxygens (including phenoxy) is 3. The molecule has 162 valence electrons. The molecule has 3 aromatic carbocycles. The van der Waals surface area contributed by atoms with Crippen LogP contribution in [0, 0.1) is 0 Å². The largest absolute Gasteiger partial charge is 0.497 e. The lowest BCUT2D eigenvalue weighted by molar-refractivity contribution is -0.113. The molecule has 3 aromatic rings. The van der Waals surface area contributed by atoms with Gasteiger partial charge in [-0.15, -0.1) is 0 Å². The Kier molecular flexibility index (Phi) is 7.09. The molecule has 1 amide bonds. The smallest absolute Gasteiger partial charge is 0.270 e. The van der Waals surface area contributed by atoms with Crippen molar-refractivity contribution >= 4 is 46.0 Å². The Balaban J connectivity index is 1.51. The van der Waals surface area contributed by atoms with Gasteiger partial charge >= 0.3 is 0 Å². The Morgan fingerprint density at radius 2 is 1.59 bits per heavy atom. The third-order valence-corrected chi connectivity index (χ3v) is 5.97. The van der Waals surface area contributed by atoms with Crippen molar-refractivity contribution in [2.24, 2.45) is 0 Å². The maximum atomic E-state index is 13.1. The average molecular weight is 464 g/mol. The first-order valence-electron chi connectivity index (χ1n) is 9.97. The number of thioether (sulfide) groups is 1. The van der Waals surface area contributed by atoms with E-state index in [2.05, 4.69) is 0 Å². The zero-order valence-electron chi connectivity index (χ0n) is 17.4. The van der Waals surface area contributed by atoms with Crippen molar-refractivity contribution in [3.05, 3.63) is 89.3 Å². The number of anilines is 1. The first kappa shape index (κ1) is 21.9. The second kappa shape index (κ2) is 10.3. The Hall–Kier alpha value is -3.29. The third kappa shape index (κ3) is 5.12. The molecule has 7 heteroatoms. The van der Waals surface area contributed by atoms with Crippen molar-refractivity contribution in [2.75, 3.05) is 25.2 Å². The normalized spacial score (nSPS) is 14.7. The van der Waals surface area contributed by atoms with Gasteiger partial charge < -0.3 is 14.2 Å². The predicted molar refractivity (Wildman–Crippen MR) is 133 cm³/mol. The molecular formula is C25H21NO4S2. The van der Waals surface area contributed by atoms with Crippen LogP contribution in [-0.2, 0) is 4.79 Å². The quantitative estimate of drug-likeness (QED) is 0.248. The van der Waals surface area contributed by atoms with Crippen LogP contribution in [0.25, 0.3) is 6.08 Å². The average Bonchev–Trinajstić information content (AvgIpc) is 3.11. The van der Waals surface area contributed by atoms with E-state index in [0.29, 0.717) is 33.9 Å². The van der Waals surface area contributed by atoms with Crippen LogP contribution in [0.4, 0.5) is 5.69 Å². The SMILES string of the molecule is COc1ccc(OCCOc2ccccc2)c(/C=C2\SC(=S)N(c3ccccc3)C2=O)c1. The molecule has 5 nitrogen and oxygen atoms in total. The Labute approximate surface area is 196 Å². The fourth-order valence-electron chi connectivity index (χ4n) is 3.13. The molecule has 32 heavy (non-hydrogen) atoms. The Morgan fingerprint density at radius 1 is 0.906 bits per heavy atom. The van der Waals surface area contributed by atoms with E-state index in [9.17, 15) is 4.79 Å². The molecule has 0 radical (unpaired) electrons. The number of nitrogens with zero attached hydrogens (tertiary/aromatic N) is 1. The van der Waals surface area contributed by atoms with Crippen LogP contribution >= 0.6 is 24.0 Å². The van der Waals surface area contributed by atoms with E-state index in [0.717, 1.165) is 17.0 Å². The van der Waals surface area contributed by atoms with Gasteiger partial charge in [0, 0.05) is 5.56 Å². The number of thiocarbonyl (C=S) groups is 1. The minimum absolute atomic E-state index is 0.160. The van der Waals surface area contributed by atoms with E-state index in [1.165, 1.54) is 11.8 Å². The fraction of sp³-hybridized carbons (Fsp3) is 0.120. The van der Waals surface area contributed by atoms with Crippen LogP contribution in [0.15, 0.2) is 83.8 Å². The summed E-state index contributed by atoms with van der Waals surface area (Å²) >= 11 is 6.73. The molecule has 0 bridgehead atoms. The predicted octanol–water partition coefficient (Wildman–Crippen LogP) is 5.56. The molecule has 1 aliphatic rings. The van der Waals surface area contributed by atoms with Gasteiger partial charge in [0.1, 0.15) is 30.5 Å². The van der Waals surface area contributed by atoms with Gasteiger partial charge in [0.05, 0.1) is 17.7 Å². The molecule has 0 atom stereocenters. The van der Waals surface area contributed by atoms with Crippen molar-refractivity contribution < 1.29 is 19.0 Å². The summed E-state index contributed by atoms with van der Waals surface area (Å²) in [5.41, 5.74) is 1.48. The zero-order chi connectivity index (χ0) is 22.3. The van der Waals surface area contributed by atoms with Crippen LogP contribution in [0.3, 0.4) is 0 Å².